The Hall–Kier alpha value is -1.81. The fraction of sp³-hybridized carbons (Fsp3) is 0.0909. The van der Waals surface area contributed by atoms with Gasteiger partial charge in [0.1, 0.15) is 5.15 Å². The van der Waals surface area contributed by atoms with Gasteiger partial charge in [-0.05, 0) is 17.5 Å². The van der Waals surface area contributed by atoms with E-state index in [9.17, 15) is 9.59 Å². The molecule has 2 rings (SSSR count). The number of carbonyl (C=O) groups excluding carboxylic acids is 1. The van der Waals surface area contributed by atoms with Crippen LogP contribution in [0.5, 0.6) is 0 Å². The van der Waals surface area contributed by atoms with Crippen LogP contribution in [-0.4, -0.2) is 10.6 Å². The zero-order chi connectivity index (χ0) is 11.7. The van der Waals surface area contributed by atoms with Crippen LogP contribution in [0.2, 0.25) is 5.15 Å². The number of pyridine rings is 1. The quantitative estimate of drug-likeness (QED) is 0.767. The molecule has 0 spiro atoms. The highest BCUT2D eigenvalue weighted by atomic mass is 35.5. The Morgan fingerprint density at radius 1 is 1.38 bits per heavy atom. The van der Waals surface area contributed by atoms with Gasteiger partial charge in [0.15, 0.2) is 0 Å². The second-order valence-corrected chi connectivity index (χ2v) is 3.75. The molecule has 1 amide bonds. The topological polar surface area (TPSA) is 51.1 Å². The minimum absolute atomic E-state index is 0.180. The van der Waals surface area contributed by atoms with Crippen molar-refractivity contribution in [3.05, 3.63) is 45.8 Å². The third-order valence-corrected chi connectivity index (χ3v) is 2.43. The smallest absolute Gasteiger partial charge is 0.274 e. The van der Waals surface area contributed by atoms with Gasteiger partial charge in [-0.15, -0.1) is 0 Å². The number of fused-ring (bicyclic) bond motifs is 1. The van der Waals surface area contributed by atoms with E-state index in [1.165, 1.54) is 6.92 Å². The first kappa shape index (κ1) is 10.7. The highest BCUT2D eigenvalue weighted by Crippen LogP contribution is 2.14. The number of nitrogens with one attached hydrogen (secondary N) is 1. The maximum absolute atomic E-state index is 11.9. The Bertz CT molecular complexity index is 619. The molecule has 16 heavy (non-hydrogen) atoms. The van der Waals surface area contributed by atoms with Gasteiger partial charge in [-0.1, -0.05) is 29.8 Å². The lowest BCUT2D eigenvalue weighted by Gasteiger charge is -2.09. The van der Waals surface area contributed by atoms with Crippen LogP contribution in [0.3, 0.4) is 0 Å². The van der Waals surface area contributed by atoms with Crippen LogP contribution >= 0.6 is 11.6 Å². The van der Waals surface area contributed by atoms with Crippen molar-refractivity contribution in [2.45, 2.75) is 6.92 Å². The summed E-state index contributed by atoms with van der Waals surface area (Å²) in [6.07, 6.45) is 0. The summed E-state index contributed by atoms with van der Waals surface area (Å²) in [5.74, 6) is -0.348. The molecule has 1 aromatic carbocycles. The van der Waals surface area contributed by atoms with Crippen molar-refractivity contribution >= 4 is 28.3 Å². The summed E-state index contributed by atoms with van der Waals surface area (Å²) in [7, 11) is 0. The van der Waals surface area contributed by atoms with E-state index < -0.39 is 0 Å². The predicted molar refractivity (Wildman–Crippen MR) is 63.3 cm³/mol. The number of carbonyl (C=O) groups is 1. The van der Waals surface area contributed by atoms with Gasteiger partial charge in [0, 0.05) is 12.3 Å². The van der Waals surface area contributed by atoms with E-state index in [4.69, 9.17) is 11.6 Å². The van der Waals surface area contributed by atoms with E-state index in [1.807, 2.05) is 6.07 Å². The molecule has 0 fully saturated rings. The summed E-state index contributed by atoms with van der Waals surface area (Å²) in [4.78, 5) is 22.9. The Morgan fingerprint density at radius 3 is 2.75 bits per heavy atom. The molecule has 0 bridgehead atoms. The first-order valence-corrected chi connectivity index (χ1v) is 5.05. The van der Waals surface area contributed by atoms with E-state index in [2.05, 4.69) is 5.43 Å². The summed E-state index contributed by atoms with van der Waals surface area (Å²) >= 11 is 5.90. The van der Waals surface area contributed by atoms with Crippen molar-refractivity contribution < 1.29 is 4.79 Å². The molecule has 0 saturated carbocycles. The van der Waals surface area contributed by atoms with Gasteiger partial charge < -0.3 is 0 Å². The minimum atomic E-state index is -0.348. The summed E-state index contributed by atoms with van der Waals surface area (Å²) in [5, 5.41) is 1.44. The fourth-order valence-electron chi connectivity index (χ4n) is 1.49. The molecule has 0 aliphatic rings. The van der Waals surface area contributed by atoms with Crippen molar-refractivity contribution in [2.24, 2.45) is 0 Å². The first-order chi connectivity index (χ1) is 7.59. The Kier molecular flexibility index (Phi) is 2.66. The van der Waals surface area contributed by atoms with E-state index in [-0.39, 0.29) is 16.6 Å². The molecule has 0 aliphatic carbocycles. The third kappa shape index (κ3) is 1.79. The predicted octanol–water partition coefficient (Wildman–Crippen LogP) is 1.74. The zero-order valence-corrected chi connectivity index (χ0v) is 9.28. The molecule has 0 aliphatic heterocycles. The highest BCUT2D eigenvalue weighted by Gasteiger charge is 2.07. The zero-order valence-electron chi connectivity index (χ0n) is 8.53. The average Bonchev–Trinajstić information content (AvgIpc) is 2.24. The molecular formula is C11H9ClN2O2. The largest absolute Gasteiger partial charge is 0.278 e. The van der Waals surface area contributed by atoms with Gasteiger partial charge in [-0.3, -0.25) is 15.0 Å². The van der Waals surface area contributed by atoms with Crippen molar-refractivity contribution in [3.63, 3.8) is 0 Å². The van der Waals surface area contributed by atoms with E-state index >= 15 is 0 Å². The number of amides is 1. The van der Waals surface area contributed by atoms with Crippen LogP contribution in [0.4, 0.5) is 0 Å². The number of halogens is 1. The number of rotatable bonds is 1. The van der Waals surface area contributed by atoms with Crippen LogP contribution in [-0.2, 0) is 4.79 Å². The number of hydrogen-bond donors (Lipinski definition) is 1. The normalized spacial score (nSPS) is 10.4. The van der Waals surface area contributed by atoms with Crippen molar-refractivity contribution in [1.29, 1.82) is 0 Å². The molecule has 1 aromatic heterocycles. The van der Waals surface area contributed by atoms with Crippen LogP contribution in [0.1, 0.15) is 6.92 Å². The van der Waals surface area contributed by atoms with Crippen LogP contribution in [0, 0.1) is 0 Å². The molecule has 0 saturated heterocycles. The molecule has 1 heterocycles. The van der Waals surface area contributed by atoms with Crippen LogP contribution < -0.4 is 11.0 Å². The van der Waals surface area contributed by atoms with Crippen LogP contribution in [0.25, 0.3) is 10.8 Å². The van der Waals surface area contributed by atoms with Crippen molar-refractivity contribution in [1.82, 2.24) is 4.68 Å². The molecular weight excluding hydrogens is 228 g/mol. The van der Waals surface area contributed by atoms with Crippen LogP contribution in [0.15, 0.2) is 35.1 Å². The third-order valence-electron chi connectivity index (χ3n) is 2.15. The second-order valence-electron chi connectivity index (χ2n) is 3.36. The number of nitrogens with zero attached hydrogens (tertiary/aromatic N) is 1. The fourth-order valence-corrected chi connectivity index (χ4v) is 1.73. The van der Waals surface area contributed by atoms with E-state index in [0.717, 1.165) is 10.1 Å². The first-order valence-electron chi connectivity index (χ1n) is 4.67. The van der Waals surface area contributed by atoms with Crippen molar-refractivity contribution in [3.8, 4) is 0 Å². The lowest BCUT2D eigenvalue weighted by Crippen LogP contribution is -2.32. The monoisotopic (exact) mass is 236 g/mol. The molecule has 4 nitrogen and oxygen atoms in total. The SMILES string of the molecule is CC(=O)Nn1c(Cl)cc2ccccc2c1=O. The van der Waals surface area contributed by atoms with Gasteiger partial charge in [-0.2, -0.15) is 0 Å². The van der Waals surface area contributed by atoms with Crippen molar-refractivity contribution in [2.75, 3.05) is 5.43 Å². The minimum Gasteiger partial charge on any atom is -0.274 e. The van der Waals surface area contributed by atoms with Gasteiger partial charge in [0.05, 0.1) is 0 Å². The van der Waals surface area contributed by atoms with Gasteiger partial charge in [0.2, 0.25) is 5.91 Å². The van der Waals surface area contributed by atoms with Gasteiger partial charge >= 0.3 is 0 Å². The number of benzene rings is 1. The maximum atomic E-state index is 11.9. The summed E-state index contributed by atoms with van der Waals surface area (Å²) in [6.45, 7) is 1.32. The lowest BCUT2D eigenvalue weighted by atomic mass is 10.2. The molecule has 82 valence electrons. The maximum Gasteiger partial charge on any atom is 0.278 e. The molecule has 2 aromatic rings. The molecule has 0 atom stereocenters. The highest BCUT2D eigenvalue weighted by molar-refractivity contribution is 6.30. The number of aromatic nitrogens is 1. The Morgan fingerprint density at radius 2 is 2.06 bits per heavy atom. The lowest BCUT2D eigenvalue weighted by molar-refractivity contribution is -0.115. The summed E-state index contributed by atoms with van der Waals surface area (Å²) in [5.41, 5.74) is 2.03. The van der Waals surface area contributed by atoms with E-state index in [1.54, 1.807) is 24.3 Å². The second kappa shape index (κ2) is 3.98. The molecule has 0 radical (unpaired) electrons. The summed E-state index contributed by atoms with van der Waals surface area (Å²) < 4.78 is 1.03. The standard InChI is InChI=1S/C11H9ClN2O2/c1-7(15)13-14-10(12)6-8-4-2-3-5-9(8)11(14)16/h2-6H,1H3,(H,13,15). The Balaban J connectivity index is 2.76. The Labute approximate surface area is 96.4 Å². The van der Waals surface area contributed by atoms with E-state index in [0.29, 0.717) is 5.39 Å². The molecule has 5 heteroatoms. The molecule has 0 unspecified atom stereocenters. The average molecular weight is 237 g/mol. The van der Waals surface area contributed by atoms with Gasteiger partial charge in [0.25, 0.3) is 5.56 Å². The summed E-state index contributed by atoms with van der Waals surface area (Å²) in [6, 6.07) is 8.69. The molecule has 1 N–H and O–H groups in total. The van der Waals surface area contributed by atoms with Gasteiger partial charge in [-0.25, -0.2) is 4.68 Å². The number of hydrogen-bond acceptors (Lipinski definition) is 2.